The van der Waals surface area contributed by atoms with E-state index in [0.29, 0.717) is 31.9 Å². The maximum Gasteiger partial charge on any atom is 0.338 e. The van der Waals surface area contributed by atoms with Crippen molar-refractivity contribution in [2.75, 3.05) is 13.7 Å². The lowest BCUT2D eigenvalue weighted by molar-refractivity contribution is -0.139. The number of para-hydroxylation sites is 1. The van der Waals surface area contributed by atoms with Crippen LogP contribution in [0, 0.1) is 19.7 Å². The molecule has 200 valence electrons. The number of carbonyl (C=O) groups is 1. The number of rotatable bonds is 6. The number of thiazole rings is 1. The highest BCUT2D eigenvalue weighted by atomic mass is 32.1. The summed E-state index contributed by atoms with van der Waals surface area (Å²) in [5, 5.41) is 0. The Morgan fingerprint density at radius 2 is 1.85 bits per heavy atom. The van der Waals surface area contributed by atoms with Crippen molar-refractivity contribution in [1.82, 2.24) is 9.13 Å². The topological polar surface area (TPSA) is 74.8 Å². The first kappa shape index (κ1) is 26.4. The monoisotopic (exact) mass is 545 g/mol. The van der Waals surface area contributed by atoms with Gasteiger partial charge in [0.05, 0.1) is 29.5 Å². The number of benzene rings is 2. The van der Waals surface area contributed by atoms with Crippen LogP contribution in [0.2, 0.25) is 0 Å². The van der Waals surface area contributed by atoms with E-state index in [1.165, 1.54) is 23.5 Å². The Balaban J connectivity index is 1.71. The molecule has 0 radical (unpaired) electrons. The van der Waals surface area contributed by atoms with E-state index in [-0.39, 0.29) is 18.0 Å². The van der Waals surface area contributed by atoms with Gasteiger partial charge < -0.3 is 14.0 Å². The number of allylic oxidation sites excluding steroid dienone is 1. The van der Waals surface area contributed by atoms with Gasteiger partial charge >= 0.3 is 5.97 Å². The lowest BCUT2D eigenvalue weighted by atomic mass is 9.95. The third-order valence-electron chi connectivity index (χ3n) is 6.79. The summed E-state index contributed by atoms with van der Waals surface area (Å²) in [6.45, 7) is 7.61. The van der Waals surface area contributed by atoms with E-state index in [1.54, 1.807) is 43.7 Å². The minimum atomic E-state index is -0.759. The zero-order valence-corrected chi connectivity index (χ0v) is 23.1. The molecular weight excluding hydrogens is 517 g/mol. The zero-order chi connectivity index (χ0) is 27.8. The molecule has 0 saturated carbocycles. The average molecular weight is 546 g/mol. The largest absolute Gasteiger partial charge is 0.496 e. The Kier molecular flexibility index (Phi) is 7.10. The molecule has 1 aliphatic rings. The van der Waals surface area contributed by atoms with Crippen LogP contribution in [0.4, 0.5) is 4.39 Å². The molecule has 7 nitrogen and oxygen atoms in total. The van der Waals surface area contributed by atoms with Crippen LogP contribution in [0.5, 0.6) is 5.75 Å². The van der Waals surface area contributed by atoms with Gasteiger partial charge in [-0.05, 0) is 75.7 Å². The van der Waals surface area contributed by atoms with E-state index in [0.717, 1.165) is 22.6 Å². The Labute approximate surface area is 228 Å². The second kappa shape index (κ2) is 10.5. The summed E-state index contributed by atoms with van der Waals surface area (Å²) in [6.07, 6.45) is 1.84. The quantitative estimate of drug-likeness (QED) is 0.338. The predicted molar refractivity (Wildman–Crippen MR) is 149 cm³/mol. The Bertz CT molecular complexity index is 1790. The third-order valence-corrected chi connectivity index (χ3v) is 7.78. The molecule has 0 unspecified atom stereocenters. The molecule has 3 heterocycles. The number of fused-ring (bicyclic) bond motifs is 1. The van der Waals surface area contributed by atoms with Crippen LogP contribution in [-0.2, 0) is 9.53 Å². The highest BCUT2D eigenvalue weighted by molar-refractivity contribution is 7.07. The van der Waals surface area contributed by atoms with E-state index >= 15 is 0 Å². The number of aryl methyl sites for hydroxylation is 1. The first-order valence-corrected chi connectivity index (χ1v) is 13.3. The Morgan fingerprint density at radius 3 is 2.54 bits per heavy atom. The highest BCUT2D eigenvalue weighted by Gasteiger charge is 2.35. The number of esters is 1. The van der Waals surface area contributed by atoms with E-state index in [1.807, 2.05) is 48.8 Å². The normalized spacial score (nSPS) is 15.2. The molecule has 4 aromatic rings. The fraction of sp³-hybridized carbons (Fsp3) is 0.233. The van der Waals surface area contributed by atoms with Gasteiger partial charge in [0.1, 0.15) is 17.6 Å². The van der Waals surface area contributed by atoms with Gasteiger partial charge in [-0.2, -0.15) is 0 Å². The lowest BCUT2D eigenvalue weighted by Gasteiger charge is -2.25. The second-order valence-corrected chi connectivity index (χ2v) is 10.2. The molecule has 2 aromatic heterocycles. The van der Waals surface area contributed by atoms with Crippen LogP contribution < -0.4 is 19.6 Å². The smallest absolute Gasteiger partial charge is 0.338 e. The maximum absolute atomic E-state index is 14.0. The average Bonchev–Trinajstić information content (AvgIpc) is 3.37. The molecule has 0 spiro atoms. The Hall–Kier alpha value is -4.24. The summed E-state index contributed by atoms with van der Waals surface area (Å²) in [7, 11) is 1.56. The first-order chi connectivity index (χ1) is 18.7. The molecule has 1 aliphatic heterocycles. The molecule has 39 heavy (non-hydrogen) atoms. The van der Waals surface area contributed by atoms with Gasteiger partial charge in [-0.15, -0.1) is 0 Å². The van der Waals surface area contributed by atoms with E-state index < -0.39 is 12.0 Å². The van der Waals surface area contributed by atoms with Crippen LogP contribution >= 0.6 is 11.3 Å². The molecule has 1 atom stereocenters. The van der Waals surface area contributed by atoms with Gasteiger partial charge in [0.25, 0.3) is 5.56 Å². The summed E-state index contributed by atoms with van der Waals surface area (Å²) in [5.41, 5.74) is 4.74. The van der Waals surface area contributed by atoms with E-state index in [4.69, 9.17) is 9.47 Å². The number of hydrogen-bond donors (Lipinski definition) is 0. The van der Waals surface area contributed by atoms with Crippen LogP contribution in [-0.4, -0.2) is 28.8 Å². The summed E-state index contributed by atoms with van der Waals surface area (Å²) >= 11 is 1.26. The number of methoxy groups -OCH3 is 1. The van der Waals surface area contributed by atoms with Crippen molar-refractivity contribution in [3.63, 3.8) is 0 Å². The number of ether oxygens (including phenoxy) is 2. The highest BCUT2D eigenvalue weighted by Crippen LogP contribution is 2.35. The summed E-state index contributed by atoms with van der Waals surface area (Å²) in [5.74, 6) is -0.271. The van der Waals surface area contributed by atoms with Gasteiger partial charge in [0.15, 0.2) is 4.80 Å². The summed E-state index contributed by atoms with van der Waals surface area (Å²) < 4.78 is 28.5. The number of hydrogen-bond acceptors (Lipinski definition) is 6. The van der Waals surface area contributed by atoms with Crippen LogP contribution in [0.15, 0.2) is 75.7 Å². The van der Waals surface area contributed by atoms with Gasteiger partial charge in [0, 0.05) is 22.6 Å². The molecule has 0 bridgehead atoms. The standard InChI is InChI=1S/C30H28FN3O4S/c1-6-38-29(36)26-18(3)32-30-34(27(26)23-9-7-8-10-24(23)37-5)28(35)25(39-30)16-20-15-17(2)33(19(20)4)22-13-11-21(31)12-14-22/h7-16,27H,6H2,1-5H3/b25-16+/t27-/m1/s1. The lowest BCUT2D eigenvalue weighted by Crippen LogP contribution is -2.40. The minimum absolute atomic E-state index is 0.197. The van der Waals surface area contributed by atoms with Crippen molar-refractivity contribution in [3.8, 4) is 11.4 Å². The van der Waals surface area contributed by atoms with Crippen molar-refractivity contribution in [2.24, 2.45) is 4.99 Å². The molecule has 2 aromatic carbocycles. The predicted octanol–water partition coefficient (Wildman–Crippen LogP) is 4.35. The van der Waals surface area contributed by atoms with Gasteiger partial charge in [-0.25, -0.2) is 14.2 Å². The van der Waals surface area contributed by atoms with Crippen molar-refractivity contribution in [2.45, 2.75) is 33.7 Å². The summed E-state index contributed by atoms with van der Waals surface area (Å²) in [6, 6.07) is 14.8. The van der Waals surface area contributed by atoms with Crippen molar-refractivity contribution in [1.29, 1.82) is 0 Å². The molecule has 0 aliphatic carbocycles. The first-order valence-electron chi connectivity index (χ1n) is 12.5. The van der Waals surface area contributed by atoms with Crippen molar-refractivity contribution >= 4 is 23.4 Å². The number of nitrogens with zero attached hydrogens (tertiary/aromatic N) is 3. The maximum atomic E-state index is 14.0. The molecular formula is C30H28FN3O4S. The zero-order valence-electron chi connectivity index (χ0n) is 22.3. The molecule has 0 fully saturated rings. The van der Waals surface area contributed by atoms with Gasteiger partial charge in [0.2, 0.25) is 0 Å². The minimum Gasteiger partial charge on any atom is -0.496 e. The molecule has 0 amide bonds. The number of carbonyl (C=O) groups excluding carboxylic acids is 1. The third kappa shape index (κ3) is 4.63. The van der Waals surface area contributed by atoms with Crippen LogP contribution in [0.25, 0.3) is 11.8 Å². The van der Waals surface area contributed by atoms with Gasteiger partial charge in [-0.1, -0.05) is 29.5 Å². The van der Waals surface area contributed by atoms with Crippen LogP contribution in [0.1, 0.15) is 42.4 Å². The fourth-order valence-corrected chi connectivity index (χ4v) is 6.08. The molecule has 5 rings (SSSR count). The molecule has 0 N–H and O–H groups in total. The van der Waals surface area contributed by atoms with Crippen molar-refractivity contribution < 1.29 is 18.7 Å². The van der Waals surface area contributed by atoms with E-state index in [2.05, 4.69) is 4.99 Å². The number of aromatic nitrogens is 2. The molecule has 9 heteroatoms. The van der Waals surface area contributed by atoms with Crippen molar-refractivity contribution in [3.05, 3.63) is 114 Å². The SMILES string of the molecule is CCOC(=O)C1=C(C)N=c2s/c(=C/c3cc(C)n(-c4ccc(F)cc4)c3C)c(=O)n2[C@@H]1c1ccccc1OC. The van der Waals surface area contributed by atoms with E-state index in [9.17, 15) is 14.0 Å². The Morgan fingerprint density at radius 1 is 1.13 bits per heavy atom. The molecule has 0 saturated heterocycles. The fourth-order valence-electron chi connectivity index (χ4n) is 5.04. The number of halogens is 1. The van der Waals surface area contributed by atoms with Gasteiger partial charge in [-0.3, -0.25) is 9.36 Å². The summed E-state index contributed by atoms with van der Waals surface area (Å²) in [4.78, 5) is 32.2. The second-order valence-electron chi connectivity index (χ2n) is 9.18. The van der Waals surface area contributed by atoms with Crippen LogP contribution in [0.3, 0.4) is 0 Å².